The highest BCUT2D eigenvalue weighted by atomic mass is 16.5. The van der Waals surface area contributed by atoms with Crippen LogP contribution in [0, 0.1) is 5.92 Å². The minimum absolute atomic E-state index is 0.174. The largest absolute Gasteiger partial charge is 0.493 e. The minimum atomic E-state index is -0.174. The van der Waals surface area contributed by atoms with Crippen molar-refractivity contribution in [2.45, 2.75) is 39.8 Å². The molecule has 0 saturated heterocycles. The number of aromatic nitrogens is 2. The molecule has 0 saturated carbocycles. The summed E-state index contributed by atoms with van der Waals surface area (Å²) in [6, 6.07) is 5.72. The van der Waals surface area contributed by atoms with E-state index >= 15 is 0 Å². The zero-order valence-corrected chi connectivity index (χ0v) is 16.2. The first-order chi connectivity index (χ1) is 13.1. The van der Waals surface area contributed by atoms with Crippen molar-refractivity contribution in [1.82, 2.24) is 20.8 Å². The molecule has 0 fully saturated rings. The molecular weight excluding hydrogens is 344 g/mol. The predicted molar refractivity (Wildman–Crippen MR) is 103 cm³/mol. The van der Waals surface area contributed by atoms with E-state index < -0.39 is 0 Å². The Morgan fingerprint density at radius 3 is 2.96 bits per heavy atom. The molecule has 2 heterocycles. The van der Waals surface area contributed by atoms with Crippen LogP contribution < -0.4 is 20.1 Å². The number of hydrogen-bond acceptors (Lipinski definition) is 5. The normalized spacial score (nSPS) is 13.3. The van der Waals surface area contributed by atoms with Crippen molar-refractivity contribution in [3.8, 4) is 11.5 Å². The molecule has 1 amide bonds. The average Bonchev–Trinajstić information content (AvgIpc) is 3.10. The van der Waals surface area contributed by atoms with Gasteiger partial charge in [-0.15, -0.1) is 0 Å². The van der Waals surface area contributed by atoms with Crippen LogP contribution in [0.2, 0.25) is 0 Å². The topological polar surface area (TPSA) is 88.3 Å². The molecule has 0 atom stereocenters. The molecule has 0 radical (unpaired) electrons. The van der Waals surface area contributed by atoms with Gasteiger partial charge in [0, 0.05) is 37.3 Å². The van der Waals surface area contributed by atoms with Crippen LogP contribution in [0.5, 0.6) is 11.5 Å². The van der Waals surface area contributed by atoms with Crippen molar-refractivity contribution in [3.63, 3.8) is 0 Å². The first-order valence-electron chi connectivity index (χ1n) is 9.43. The molecular formula is C20H28N4O3. The van der Waals surface area contributed by atoms with Crippen molar-refractivity contribution in [2.75, 3.05) is 20.3 Å². The number of carbonyl (C=O) groups excluding carboxylic acids is 1. The highest BCUT2D eigenvalue weighted by Gasteiger charge is 2.21. The molecule has 3 rings (SSSR count). The molecule has 0 spiro atoms. The molecule has 0 unspecified atom stereocenters. The van der Waals surface area contributed by atoms with Crippen molar-refractivity contribution >= 4 is 5.91 Å². The number of hydrogen-bond donors (Lipinski definition) is 3. The fourth-order valence-corrected chi connectivity index (χ4v) is 3.02. The lowest BCUT2D eigenvalue weighted by molar-refractivity contribution is 0.0944. The second kappa shape index (κ2) is 8.90. The molecule has 1 aliphatic heterocycles. The van der Waals surface area contributed by atoms with Gasteiger partial charge in [0.25, 0.3) is 5.91 Å². The summed E-state index contributed by atoms with van der Waals surface area (Å²) in [6.45, 7) is 6.96. The van der Waals surface area contributed by atoms with Gasteiger partial charge >= 0.3 is 0 Å². The van der Waals surface area contributed by atoms with Crippen LogP contribution in [0.4, 0.5) is 0 Å². The summed E-state index contributed by atoms with van der Waals surface area (Å²) in [5, 5.41) is 13.4. The lowest BCUT2D eigenvalue weighted by atomic mass is 10.1. The number of nitrogens with zero attached hydrogens (tertiary/aromatic N) is 1. The van der Waals surface area contributed by atoms with Crippen LogP contribution in [0.1, 0.15) is 47.6 Å². The maximum absolute atomic E-state index is 12.5. The van der Waals surface area contributed by atoms with Gasteiger partial charge in [-0.25, -0.2) is 0 Å². The Balaban J connectivity index is 1.60. The third-order valence-electron chi connectivity index (χ3n) is 4.66. The van der Waals surface area contributed by atoms with Gasteiger partial charge in [0.15, 0.2) is 17.2 Å². The second-order valence-electron chi connectivity index (χ2n) is 7.15. The number of rotatable bonds is 8. The van der Waals surface area contributed by atoms with E-state index in [9.17, 15) is 4.79 Å². The lowest BCUT2D eigenvalue weighted by Gasteiger charge is -2.14. The van der Waals surface area contributed by atoms with Gasteiger partial charge in [-0.05, 0) is 30.0 Å². The van der Waals surface area contributed by atoms with Crippen LogP contribution in [0.25, 0.3) is 0 Å². The predicted octanol–water partition coefficient (Wildman–Crippen LogP) is 2.42. The fraction of sp³-hybridized carbons (Fsp3) is 0.500. The van der Waals surface area contributed by atoms with E-state index in [0.29, 0.717) is 37.1 Å². The number of amides is 1. The number of nitrogens with one attached hydrogen (secondary N) is 3. The SMILES string of the molecule is COc1cc(CNC(=O)c2n[nH]c3c2CNCC3)ccc1OCCC(C)C. The monoisotopic (exact) mass is 372 g/mol. The summed E-state index contributed by atoms with van der Waals surface area (Å²) in [4.78, 5) is 12.5. The molecule has 1 aromatic heterocycles. The highest BCUT2D eigenvalue weighted by molar-refractivity contribution is 5.94. The summed E-state index contributed by atoms with van der Waals surface area (Å²) in [7, 11) is 1.62. The molecule has 27 heavy (non-hydrogen) atoms. The summed E-state index contributed by atoms with van der Waals surface area (Å²) in [5.74, 6) is 1.81. The lowest BCUT2D eigenvalue weighted by Crippen LogP contribution is -2.28. The summed E-state index contributed by atoms with van der Waals surface area (Å²) in [5.41, 5.74) is 3.42. The van der Waals surface area contributed by atoms with Crippen molar-refractivity contribution < 1.29 is 14.3 Å². The van der Waals surface area contributed by atoms with Crippen LogP contribution in [-0.4, -0.2) is 36.4 Å². The number of fused-ring (bicyclic) bond motifs is 1. The van der Waals surface area contributed by atoms with E-state index in [1.54, 1.807) is 7.11 Å². The Labute approximate surface area is 159 Å². The van der Waals surface area contributed by atoms with Gasteiger partial charge in [-0.3, -0.25) is 9.89 Å². The van der Waals surface area contributed by atoms with E-state index in [2.05, 4.69) is 34.7 Å². The number of methoxy groups -OCH3 is 1. The van der Waals surface area contributed by atoms with E-state index in [-0.39, 0.29) is 5.91 Å². The Bertz CT molecular complexity index is 786. The maximum atomic E-state index is 12.5. The molecule has 7 heteroatoms. The Morgan fingerprint density at radius 2 is 2.19 bits per heavy atom. The van der Waals surface area contributed by atoms with E-state index in [0.717, 1.165) is 42.0 Å². The molecule has 0 aliphatic carbocycles. The summed E-state index contributed by atoms with van der Waals surface area (Å²) < 4.78 is 11.2. The number of H-pyrrole nitrogens is 1. The molecule has 2 aromatic rings. The number of ether oxygens (including phenoxy) is 2. The van der Waals surface area contributed by atoms with Gasteiger partial charge in [-0.2, -0.15) is 5.10 Å². The van der Waals surface area contributed by atoms with Crippen molar-refractivity contribution in [2.24, 2.45) is 5.92 Å². The third kappa shape index (κ3) is 4.80. The van der Waals surface area contributed by atoms with Gasteiger partial charge < -0.3 is 20.1 Å². The maximum Gasteiger partial charge on any atom is 0.272 e. The van der Waals surface area contributed by atoms with Crippen molar-refractivity contribution in [3.05, 3.63) is 40.7 Å². The van der Waals surface area contributed by atoms with Crippen molar-refractivity contribution in [1.29, 1.82) is 0 Å². The van der Waals surface area contributed by atoms with Gasteiger partial charge in [0.05, 0.1) is 13.7 Å². The van der Waals surface area contributed by atoms with E-state index in [1.165, 1.54) is 0 Å². The fourth-order valence-electron chi connectivity index (χ4n) is 3.02. The summed E-state index contributed by atoms with van der Waals surface area (Å²) in [6.07, 6.45) is 1.86. The minimum Gasteiger partial charge on any atom is -0.493 e. The van der Waals surface area contributed by atoms with Gasteiger partial charge in [0.2, 0.25) is 0 Å². The van der Waals surface area contributed by atoms with Crippen LogP contribution in [0.3, 0.4) is 0 Å². The van der Waals surface area contributed by atoms with Crippen LogP contribution in [-0.2, 0) is 19.5 Å². The number of benzene rings is 1. The molecule has 146 valence electrons. The Hall–Kier alpha value is -2.54. The smallest absolute Gasteiger partial charge is 0.272 e. The Morgan fingerprint density at radius 1 is 1.33 bits per heavy atom. The Kier molecular flexibility index (Phi) is 6.34. The number of carbonyl (C=O) groups is 1. The highest BCUT2D eigenvalue weighted by Crippen LogP contribution is 2.28. The second-order valence-corrected chi connectivity index (χ2v) is 7.15. The average molecular weight is 372 g/mol. The zero-order valence-electron chi connectivity index (χ0n) is 16.2. The zero-order chi connectivity index (χ0) is 19.2. The quantitative estimate of drug-likeness (QED) is 0.662. The first kappa shape index (κ1) is 19.2. The van der Waals surface area contributed by atoms with Crippen LogP contribution in [0.15, 0.2) is 18.2 Å². The molecule has 3 N–H and O–H groups in total. The number of aromatic amines is 1. The van der Waals surface area contributed by atoms with E-state index in [4.69, 9.17) is 9.47 Å². The molecule has 7 nitrogen and oxygen atoms in total. The molecule has 1 aromatic carbocycles. The van der Waals surface area contributed by atoms with Gasteiger partial charge in [0.1, 0.15) is 0 Å². The van der Waals surface area contributed by atoms with Crippen LogP contribution >= 0.6 is 0 Å². The summed E-state index contributed by atoms with van der Waals surface area (Å²) >= 11 is 0. The van der Waals surface area contributed by atoms with Gasteiger partial charge in [-0.1, -0.05) is 19.9 Å². The molecule has 0 bridgehead atoms. The van der Waals surface area contributed by atoms with E-state index in [1.807, 2.05) is 18.2 Å². The standard InChI is InChI=1S/C20H28N4O3/c1-13(2)7-9-27-17-5-4-14(10-18(17)26-3)11-22-20(25)19-15-12-21-8-6-16(15)23-24-19/h4-5,10,13,21H,6-9,11-12H2,1-3H3,(H,22,25)(H,23,24). The first-order valence-corrected chi connectivity index (χ1v) is 9.43. The third-order valence-corrected chi connectivity index (χ3v) is 4.66. The molecule has 1 aliphatic rings.